The van der Waals surface area contributed by atoms with Gasteiger partial charge in [0.2, 0.25) is 5.75 Å². The van der Waals surface area contributed by atoms with Gasteiger partial charge < -0.3 is 9.84 Å². The minimum atomic E-state index is -3.16. The zero-order valence-electron chi connectivity index (χ0n) is 11.2. The second-order valence-corrected chi connectivity index (χ2v) is 8.06. The van der Waals surface area contributed by atoms with E-state index in [2.05, 4.69) is 15.9 Å². The van der Waals surface area contributed by atoms with Crippen LogP contribution in [0.5, 0.6) is 5.75 Å². The average molecular weight is 380 g/mol. The van der Waals surface area contributed by atoms with Crippen molar-refractivity contribution in [3.8, 4) is 5.75 Å². The monoisotopic (exact) mass is 379 g/mol. The summed E-state index contributed by atoms with van der Waals surface area (Å²) in [7, 11) is -3.16. The van der Waals surface area contributed by atoms with Crippen molar-refractivity contribution in [1.82, 2.24) is 0 Å². The predicted molar refractivity (Wildman–Crippen MR) is 79.1 cm³/mol. The fourth-order valence-corrected chi connectivity index (χ4v) is 4.25. The summed E-state index contributed by atoms with van der Waals surface area (Å²) in [6.45, 7) is 1.46. The molecule has 9 heteroatoms. The molecule has 1 aromatic rings. The highest BCUT2D eigenvalue weighted by atomic mass is 79.9. The molecule has 1 saturated heterocycles. The summed E-state index contributed by atoms with van der Waals surface area (Å²) >= 11 is 3.15. The first-order valence-corrected chi connectivity index (χ1v) is 8.84. The number of nitrogens with zero attached hydrogens (tertiary/aromatic N) is 1. The zero-order chi connectivity index (χ0) is 15.8. The van der Waals surface area contributed by atoms with Gasteiger partial charge in [-0.25, -0.2) is 8.42 Å². The molecule has 2 rings (SSSR count). The third kappa shape index (κ3) is 3.72. The Bertz CT molecular complexity index is 673. The molecule has 1 heterocycles. The van der Waals surface area contributed by atoms with E-state index in [1.165, 1.54) is 19.1 Å². The Hall–Kier alpha value is -1.19. The normalized spacial score (nSPS) is 22.0. The molecule has 1 fully saturated rings. The van der Waals surface area contributed by atoms with E-state index in [-0.39, 0.29) is 34.9 Å². The van der Waals surface area contributed by atoms with Gasteiger partial charge in [0.05, 0.1) is 22.5 Å². The summed E-state index contributed by atoms with van der Waals surface area (Å²) in [5.41, 5.74) is -0.0510. The molecule has 116 valence electrons. The van der Waals surface area contributed by atoms with Gasteiger partial charge in [0.1, 0.15) is 6.10 Å². The van der Waals surface area contributed by atoms with Crippen molar-refractivity contribution in [2.75, 3.05) is 11.5 Å². The molecule has 2 unspecified atom stereocenters. The van der Waals surface area contributed by atoms with Gasteiger partial charge in [0, 0.05) is 16.1 Å². The van der Waals surface area contributed by atoms with Crippen LogP contribution in [0.1, 0.15) is 25.0 Å². The third-order valence-corrected chi connectivity index (χ3v) is 5.38. The van der Waals surface area contributed by atoms with Crippen molar-refractivity contribution in [2.24, 2.45) is 0 Å². The molecule has 0 aliphatic carbocycles. The van der Waals surface area contributed by atoms with Gasteiger partial charge >= 0.3 is 5.69 Å². The number of hydrogen-bond acceptors (Lipinski definition) is 6. The smallest absolute Gasteiger partial charge is 0.312 e. The molecular weight excluding hydrogens is 366 g/mol. The fraction of sp³-hybridized carbons (Fsp3) is 0.500. The lowest BCUT2D eigenvalue weighted by Gasteiger charge is -2.17. The first kappa shape index (κ1) is 16.2. The molecule has 1 aliphatic rings. The van der Waals surface area contributed by atoms with Crippen LogP contribution in [0.3, 0.4) is 0 Å². The SMILES string of the molecule is CC(O)c1cc(Br)cc([N+](=O)[O-])c1OC1CCS(=O)(=O)C1. The number of aliphatic hydroxyl groups is 1. The maximum absolute atomic E-state index is 11.5. The molecule has 7 nitrogen and oxygen atoms in total. The summed E-state index contributed by atoms with van der Waals surface area (Å²) in [6, 6.07) is 2.79. The van der Waals surface area contributed by atoms with Crippen LogP contribution >= 0.6 is 15.9 Å². The Balaban J connectivity index is 2.43. The lowest BCUT2D eigenvalue weighted by Crippen LogP contribution is -2.19. The van der Waals surface area contributed by atoms with Crippen LogP contribution in [0, 0.1) is 10.1 Å². The summed E-state index contributed by atoms with van der Waals surface area (Å²) in [4.78, 5) is 10.5. The lowest BCUT2D eigenvalue weighted by molar-refractivity contribution is -0.386. The standard InChI is InChI=1S/C12H14BrNO6S/c1-7(15)10-4-8(13)5-11(14(16)17)12(10)20-9-2-3-21(18,19)6-9/h4-5,7,9,15H,2-3,6H2,1H3. The van der Waals surface area contributed by atoms with Crippen molar-refractivity contribution in [2.45, 2.75) is 25.6 Å². The zero-order valence-corrected chi connectivity index (χ0v) is 13.6. The summed E-state index contributed by atoms with van der Waals surface area (Å²) < 4.78 is 28.9. The first-order chi connectivity index (χ1) is 9.69. The Morgan fingerprint density at radius 1 is 1.52 bits per heavy atom. The molecule has 0 spiro atoms. The Kier molecular flexibility index (Phi) is 4.54. The van der Waals surface area contributed by atoms with Crippen LogP contribution in [0.15, 0.2) is 16.6 Å². The van der Waals surface area contributed by atoms with Crippen LogP contribution < -0.4 is 4.74 Å². The highest BCUT2D eigenvalue weighted by Gasteiger charge is 2.33. The third-order valence-electron chi connectivity index (χ3n) is 3.18. The molecule has 0 aromatic heterocycles. The van der Waals surface area contributed by atoms with Crippen molar-refractivity contribution in [1.29, 1.82) is 0 Å². The van der Waals surface area contributed by atoms with E-state index < -0.39 is 27.0 Å². The average Bonchev–Trinajstić information content (AvgIpc) is 2.69. The fourth-order valence-electron chi connectivity index (χ4n) is 2.19. The highest BCUT2D eigenvalue weighted by molar-refractivity contribution is 9.10. The largest absolute Gasteiger partial charge is 0.482 e. The molecule has 2 atom stereocenters. The minimum absolute atomic E-state index is 0.00596. The second kappa shape index (κ2) is 5.90. The van der Waals surface area contributed by atoms with E-state index >= 15 is 0 Å². The molecule has 21 heavy (non-hydrogen) atoms. The number of sulfone groups is 1. The van der Waals surface area contributed by atoms with Crippen LogP contribution in [0.25, 0.3) is 0 Å². The number of rotatable bonds is 4. The van der Waals surface area contributed by atoms with Crippen LogP contribution in [-0.2, 0) is 9.84 Å². The van der Waals surface area contributed by atoms with Gasteiger partial charge in [-0.1, -0.05) is 15.9 Å². The summed E-state index contributed by atoms with van der Waals surface area (Å²) in [6.07, 6.45) is -1.32. The summed E-state index contributed by atoms with van der Waals surface area (Å²) in [5.74, 6) is -0.230. The number of nitro groups is 1. The number of nitro benzene ring substituents is 1. The lowest BCUT2D eigenvalue weighted by atomic mass is 10.1. The molecule has 1 N–H and O–H groups in total. The number of ether oxygens (including phenoxy) is 1. The van der Waals surface area contributed by atoms with Gasteiger partial charge in [-0.2, -0.15) is 0 Å². The van der Waals surface area contributed by atoms with E-state index in [1.807, 2.05) is 0 Å². The van der Waals surface area contributed by atoms with Crippen LogP contribution in [-0.4, -0.2) is 36.1 Å². The van der Waals surface area contributed by atoms with Gasteiger partial charge in [-0.3, -0.25) is 10.1 Å². The van der Waals surface area contributed by atoms with E-state index in [0.29, 0.717) is 4.47 Å². The van der Waals surface area contributed by atoms with E-state index in [0.717, 1.165) is 0 Å². The first-order valence-electron chi connectivity index (χ1n) is 6.22. The molecule has 1 aliphatic heterocycles. The molecule has 0 bridgehead atoms. The van der Waals surface area contributed by atoms with Gasteiger partial charge in [-0.05, 0) is 19.4 Å². The number of hydrogen-bond donors (Lipinski definition) is 1. The molecule has 0 saturated carbocycles. The van der Waals surface area contributed by atoms with Gasteiger partial charge in [0.25, 0.3) is 0 Å². The quantitative estimate of drug-likeness (QED) is 0.632. The minimum Gasteiger partial charge on any atom is -0.482 e. The van der Waals surface area contributed by atoms with E-state index in [4.69, 9.17) is 4.74 Å². The highest BCUT2D eigenvalue weighted by Crippen LogP contribution is 2.39. The summed E-state index contributed by atoms with van der Waals surface area (Å²) in [5, 5.41) is 20.9. The number of aliphatic hydroxyl groups excluding tert-OH is 1. The van der Waals surface area contributed by atoms with E-state index in [9.17, 15) is 23.6 Å². The van der Waals surface area contributed by atoms with E-state index in [1.54, 1.807) is 0 Å². The van der Waals surface area contributed by atoms with Crippen molar-refractivity contribution < 1.29 is 23.2 Å². The number of halogens is 1. The Morgan fingerprint density at radius 2 is 2.19 bits per heavy atom. The van der Waals surface area contributed by atoms with Crippen molar-refractivity contribution in [3.05, 3.63) is 32.3 Å². The molecule has 1 aromatic carbocycles. The van der Waals surface area contributed by atoms with Crippen LogP contribution in [0.2, 0.25) is 0 Å². The van der Waals surface area contributed by atoms with Crippen molar-refractivity contribution in [3.63, 3.8) is 0 Å². The van der Waals surface area contributed by atoms with Crippen LogP contribution in [0.4, 0.5) is 5.69 Å². The maximum Gasteiger partial charge on any atom is 0.312 e. The molecular formula is C12H14BrNO6S. The Labute approximate surface area is 130 Å². The molecule has 0 amide bonds. The Morgan fingerprint density at radius 3 is 2.67 bits per heavy atom. The van der Waals surface area contributed by atoms with Gasteiger partial charge in [-0.15, -0.1) is 0 Å². The van der Waals surface area contributed by atoms with Crippen molar-refractivity contribution >= 4 is 31.5 Å². The van der Waals surface area contributed by atoms with Gasteiger partial charge in [0.15, 0.2) is 9.84 Å². The number of benzene rings is 1. The topological polar surface area (TPSA) is 107 Å². The molecule has 0 radical (unpaired) electrons. The second-order valence-electron chi connectivity index (χ2n) is 4.92. The predicted octanol–water partition coefficient (Wildman–Crippen LogP) is 1.98. The maximum atomic E-state index is 11.5.